The highest BCUT2D eigenvalue weighted by molar-refractivity contribution is 5.66. The Hall–Kier alpha value is -3.06. The Bertz CT molecular complexity index is 1000. The number of aromatic amines is 1. The van der Waals surface area contributed by atoms with E-state index in [-0.39, 0.29) is 30.3 Å². The van der Waals surface area contributed by atoms with E-state index in [4.69, 9.17) is 4.74 Å². The lowest BCUT2D eigenvalue weighted by molar-refractivity contribution is 0.127. The number of aromatic nitrogens is 3. The minimum Gasteiger partial charge on any atom is -0.493 e. The predicted octanol–water partition coefficient (Wildman–Crippen LogP) is 3.11. The van der Waals surface area contributed by atoms with Crippen molar-refractivity contribution in [1.82, 2.24) is 15.0 Å². The summed E-state index contributed by atoms with van der Waals surface area (Å²) in [5.41, 5.74) is 2.71. The molecular formula is C20H20FN3O3. The number of halogens is 1. The van der Waals surface area contributed by atoms with Crippen LogP contribution >= 0.6 is 0 Å². The van der Waals surface area contributed by atoms with Gasteiger partial charge in [0.2, 0.25) is 11.8 Å². The molecule has 2 aromatic heterocycles. The van der Waals surface area contributed by atoms with Gasteiger partial charge in [-0.3, -0.25) is 4.79 Å². The molecular weight excluding hydrogens is 349 g/mol. The van der Waals surface area contributed by atoms with E-state index < -0.39 is 11.5 Å². The van der Waals surface area contributed by atoms with Gasteiger partial charge in [-0.15, -0.1) is 0 Å². The zero-order chi connectivity index (χ0) is 19.4. The van der Waals surface area contributed by atoms with Gasteiger partial charge < -0.3 is 14.8 Å². The first-order chi connectivity index (χ1) is 13.0. The fourth-order valence-electron chi connectivity index (χ4n) is 2.79. The lowest BCUT2D eigenvalue weighted by Gasteiger charge is -2.09. The van der Waals surface area contributed by atoms with E-state index in [0.29, 0.717) is 12.2 Å². The summed E-state index contributed by atoms with van der Waals surface area (Å²) in [5, 5.41) is 10.1. The number of rotatable bonds is 6. The van der Waals surface area contributed by atoms with Crippen molar-refractivity contribution in [2.75, 3.05) is 6.61 Å². The third kappa shape index (κ3) is 4.20. The molecule has 0 aliphatic carbocycles. The van der Waals surface area contributed by atoms with Crippen LogP contribution in [0.25, 0.3) is 11.1 Å². The molecule has 3 rings (SSSR count). The molecule has 3 aromatic rings. The standard InChI is InChI=1S/C20H20FN3O3/c1-3-27-11-17-23-19(25)16(20(26)24-17)10-13-4-6-14(7-5-13)15-8-9-22-18(21)12(15)2/h4-9H,3,10-11H2,1-2H3,(H2,23,24,25,26). The van der Waals surface area contributed by atoms with Gasteiger partial charge in [-0.25, -0.2) is 4.98 Å². The van der Waals surface area contributed by atoms with Crippen molar-refractivity contribution in [1.29, 1.82) is 0 Å². The highest BCUT2D eigenvalue weighted by Gasteiger charge is 2.12. The molecule has 2 N–H and O–H groups in total. The Kier molecular flexibility index (Phi) is 5.61. The predicted molar refractivity (Wildman–Crippen MR) is 99.0 cm³/mol. The molecule has 0 aliphatic heterocycles. The second-order valence-electron chi connectivity index (χ2n) is 6.10. The molecule has 0 aliphatic rings. The first-order valence-electron chi connectivity index (χ1n) is 8.58. The maximum Gasteiger partial charge on any atom is 0.258 e. The van der Waals surface area contributed by atoms with Crippen molar-refractivity contribution in [3.63, 3.8) is 0 Å². The minimum atomic E-state index is -0.494. The Morgan fingerprint density at radius 2 is 1.96 bits per heavy atom. The largest absolute Gasteiger partial charge is 0.493 e. The van der Waals surface area contributed by atoms with Crippen LogP contribution in [0.4, 0.5) is 4.39 Å². The maximum absolute atomic E-state index is 13.6. The average Bonchev–Trinajstić information content (AvgIpc) is 2.66. The van der Waals surface area contributed by atoms with Crippen molar-refractivity contribution >= 4 is 0 Å². The molecule has 7 heteroatoms. The van der Waals surface area contributed by atoms with Crippen LogP contribution in [0.1, 0.15) is 29.4 Å². The molecule has 27 heavy (non-hydrogen) atoms. The molecule has 0 spiro atoms. The van der Waals surface area contributed by atoms with Gasteiger partial charge in [-0.05, 0) is 36.6 Å². The average molecular weight is 369 g/mol. The summed E-state index contributed by atoms with van der Waals surface area (Å²) in [4.78, 5) is 22.5. The van der Waals surface area contributed by atoms with E-state index in [1.54, 1.807) is 13.0 Å². The van der Waals surface area contributed by atoms with Crippen LogP contribution < -0.4 is 5.56 Å². The number of hydrogen-bond acceptors (Lipinski definition) is 5. The highest BCUT2D eigenvalue weighted by Crippen LogP contribution is 2.25. The molecule has 6 nitrogen and oxygen atoms in total. The number of aromatic hydroxyl groups is 1. The third-order valence-electron chi connectivity index (χ3n) is 4.27. The molecule has 0 fully saturated rings. The van der Waals surface area contributed by atoms with Crippen LogP contribution in [0, 0.1) is 12.9 Å². The van der Waals surface area contributed by atoms with E-state index in [9.17, 15) is 14.3 Å². The first-order valence-corrected chi connectivity index (χ1v) is 8.58. The second-order valence-corrected chi connectivity index (χ2v) is 6.10. The number of nitrogens with one attached hydrogen (secondary N) is 1. The van der Waals surface area contributed by atoms with Crippen LogP contribution in [0.2, 0.25) is 0 Å². The number of hydrogen-bond donors (Lipinski definition) is 2. The van der Waals surface area contributed by atoms with E-state index in [1.807, 2.05) is 31.2 Å². The first kappa shape index (κ1) is 18.7. The summed E-state index contributed by atoms with van der Waals surface area (Å²) in [5.74, 6) is -0.510. The quantitative estimate of drug-likeness (QED) is 0.652. The van der Waals surface area contributed by atoms with Gasteiger partial charge in [-0.2, -0.15) is 9.37 Å². The van der Waals surface area contributed by atoms with Crippen molar-refractivity contribution in [3.05, 3.63) is 75.3 Å². The molecule has 1 aromatic carbocycles. The molecule has 0 unspecified atom stereocenters. The summed E-state index contributed by atoms with van der Waals surface area (Å²) in [6.45, 7) is 4.13. The Morgan fingerprint density at radius 1 is 1.22 bits per heavy atom. The summed E-state index contributed by atoms with van der Waals surface area (Å²) >= 11 is 0. The fourth-order valence-corrected chi connectivity index (χ4v) is 2.79. The molecule has 0 saturated heterocycles. The maximum atomic E-state index is 13.6. The third-order valence-corrected chi connectivity index (χ3v) is 4.27. The van der Waals surface area contributed by atoms with Crippen molar-refractivity contribution in [3.8, 4) is 17.0 Å². The number of H-pyrrole nitrogens is 1. The van der Waals surface area contributed by atoms with Crippen LogP contribution in [-0.2, 0) is 17.8 Å². The Morgan fingerprint density at radius 3 is 2.63 bits per heavy atom. The second kappa shape index (κ2) is 8.09. The van der Waals surface area contributed by atoms with Gasteiger partial charge in [-0.1, -0.05) is 24.3 Å². The smallest absolute Gasteiger partial charge is 0.258 e. The highest BCUT2D eigenvalue weighted by atomic mass is 19.1. The van der Waals surface area contributed by atoms with E-state index in [1.165, 1.54) is 6.20 Å². The zero-order valence-electron chi connectivity index (χ0n) is 15.1. The van der Waals surface area contributed by atoms with Gasteiger partial charge in [0.05, 0.1) is 5.56 Å². The van der Waals surface area contributed by atoms with Crippen LogP contribution in [0.15, 0.2) is 41.3 Å². The summed E-state index contributed by atoms with van der Waals surface area (Å²) in [6.07, 6.45) is 1.66. The number of nitrogens with zero attached hydrogens (tertiary/aromatic N) is 2. The minimum absolute atomic E-state index is 0.135. The SMILES string of the molecule is CCOCc1nc(O)c(Cc2ccc(-c3ccnc(F)c3C)cc2)c(=O)[nH]1. The topological polar surface area (TPSA) is 88.1 Å². The number of ether oxygens (including phenoxy) is 1. The van der Waals surface area contributed by atoms with Gasteiger partial charge in [0.1, 0.15) is 12.4 Å². The van der Waals surface area contributed by atoms with E-state index in [0.717, 1.165) is 16.7 Å². The normalized spacial score (nSPS) is 10.9. The van der Waals surface area contributed by atoms with Crippen molar-refractivity contribution < 1.29 is 14.2 Å². The molecule has 0 bridgehead atoms. The van der Waals surface area contributed by atoms with Gasteiger partial charge >= 0.3 is 0 Å². The summed E-state index contributed by atoms with van der Waals surface area (Å²) < 4.78 is 18.8. The molecule has 2 heterocycles. The number of pyridine rings is 1. The van der Waals surface area contributed by atoms with E-state index in [2.05, 4.69) is 15.0 Å². The van der Waals surface area contributed by atoms with Gasteiger partial charge in [0.25, 0.3) is 5.56 Å². The molecule has 0 amide bonds. The van der Waals surface area contributed by atoms with Crippen LogP contribution in [0.5, 0.6) is 5.88 Å². The molecule has 0 radical (unpaired) electrons. The lowest BCUT2D eigenvalue weighted by atomic mass is 9.99. The van der Waals surface area contributed by atoms with Gasteiger partial charge in [0.15, 0.2) is 0 Å². The summed E-state index contributed by atoms with van der Waals surface area (Å²) in [7, 11) is 0. The Balaban J connectivity index is 1.83. The van der Waals surface area contributed by atoms with Gasteiger partial charge in [0, 0.05) is 24.8 Å². The van der Waals surface area contributed by atoms with Crippen molar-refractivity contribution in [2.45, 2.75) is 26.9 Å². The lowest BCUT2D eigenvalue weighted by Crippen LogP contribution is -2.17. The summed E-state index contributed by atoms with van der Waals surface area (Å²) in [6, 6.07) is 9.11. The van der Waals surface area contributed by atoms with E-state index >= 15 is 0 Å². The fraction of sp³-hybridized carbons (Fsp3) is 0.250. The molecule has 0 atom stereocenters. The molecule has 140 valence electrons. The zero-order valence-corrected chi connectivity index (χ0v) is 15.1. The molecule has 0 saturated carbocycles. The van der Waals surface area contributed by atoms with Crippen LogP contribution in [-0.4, -0.2) is 26.7 Å². The van der Waals surface area contributed by atoms with Crippen molar-refractivity contribution in [2.24, 2.45) is 0 Å². The Labute approximate surface area is 155 Å². The van der Waals surface area contributed by atoms with Crippen LogP contribution in [0.3, 0.4) is 0 Å². The monoisotopic (exact) mass is 369 g/mol. The number of benzene rings is 1.